The Morgan fingerprint density at radius 3 is 2.27 bits per heavy atom. The molecule has 1 aromatic heterocycles. The van der Waals surface area contributed by atoms with Gasteiger partial charge in [-0.1, -0.05) is 0 Å². The number of rotatable bonds is 11. The molecular weight excluding hydrogens is 418 g/mol. The molecule has 3 N–H and O–H groups in total. The average molecular weight is 452 g/mol. The summed E-state index contributed by atoms with van der Waals surface area (Å²) in [6, 6.07) is 12.2. The third-order valence-corrected chi connectivity index (χ3v) is 5.21. The van der Waals surface area contributed by atoms with Crippen LogP contribution in [0.25, 0.3) is 0 Å². The first-order chi connectivity index (χ1) is 15.9. The normalized spacial score (nSPS) is 10.6. The van der Waals surface area contributed by atoms with Crippen LogP contribution < -0.4 is 30.2 Å². The van der Waals surface area contributed by atoms with Crippen molar-refractivity contribution in [2.75, 3.05) is 57.4 Å². The minimum Gasteiger partial charge on any atom is -0.493 e. The monoisotopic (exact) mass is 451 g/mol. The van der Waals surface area contributed by atoms with Crippen LogP contribution in [0.2, 0.25) is 0 Å². The second-order valence-electron chi connectivity index (χ2n) is 7.90. The molecule has 33 heavy (non-hydrogen) atoms. The highest BCUT2D eigenvalue weighted by molar-refractivity contribution is 5.56. The maximum absolute atomic E-state index is 6.05. The number of aromatic nitrogens is 2. The number of hydrogen-bond acceptors (Lipinski definition) is 8. The lowest BCUT2D eigenvalue weighted by Crippen LogP contribution is -2.10. The van der Waals surface area contributed by atoms with Crippen LogP contribution in [-0.4, -0.2) is 51.4 Å². The maximum Gasteiger partial charge on any atom is 0.203 e. The molecule has 0 atom stereocenters. The number of benzene rings is 2. The van der Waals surface area contributed by atoms with Crippen molar-refractivity contribution in [3.63, 3.8) is 0 Å². The number of methoxy groups -OCH3 is 2. The van der Waals surface area contributed by atoms with E-state index in [0.717, 1.165) is 29.8 Å². The molecule has 0 unspecified atom stereocenters. The number of nitrogens with zero attached hydrogens (tertiary/aromatic N) is 3. The number of aryl methyl sites for hydroxylation is 1. The van der Waals surface area contributed by atoms with Crippen molar-refractivity contribution in [1.29, 1.82) is 0 Å². The Balaban J connectivity index is 1.60. The summed E-state index contributed by atoms with van der Waals surface area (Å²) in [5.74, 6) is 2.94. The van der Waals surface area contributed by atoms with E-state index in [1.54, 1.807) is 20.4 Å². The van der Waals surface area contributed by atoms with Crippen LogP contribution in [0, 0.1) is 6.92 Å². The molecule has 0 saturated heterocycles. The molecule has 8 nitrogen and oxygen atoms in total. The summed E-state index contributed by atoms with van der Waals surface area (Å²) in [4.78, 5) is 10.6. The molecule has 3 rings (SSSR count). The van der Waals surface area contributed by atoms with Crippen molar-refractivity contribution in [2.45, 2.75) is 19.8 Å². The van der Waals surface area contributed by atoms with Crippen LogP contribution in [0.15, 0.2) is 42.6 Å². The molecule has 176 valence electrons. The highest BCUT2D eigenvalue weighted by atomic mass is 16.5. The van der Waals surface area contributed by atoms with E-state index in [-0.39, 0.29) is 0 Å². The van der Waals surface area contributed by atoms with E-state index in [2.05, 4.69) is 44.5 Å². The third-order valence-electron chi connectivity index (χ3n) is 5.21. The largest absolute Gasteiger partial charge is 0.493 e. The van der Waals surface area contributed by atoms with Crippen LogP contribution in [-0.2, 0) is 6.42 Å². The Labute approximate surface area is 195 Å². The fourth-order valence-corrected chi connectivity index (χ4v) is 3.40. The van der Waals surface area contributed by atoms with Gasteiger partial charge in [-0.15, -0.1) is 0 Å². The van der Waals surface area contributed by atoms with E-state index >= 15 is 0 Å². The molecule has 0 spiro atoms. The second-order valence-corrected chi connectivity index (χ2v) is 7.90. The quantitative estimate of drug-likeness (QED) is 0.424. The highest BCUT2D eigenvalue weighted by Crippen LogP contribution is 2.39. The Morgan fingerprint density at radius 1 is 1.03 bits per heavy atom. The standard InChI is InChI=1S/C25H33N5O3/c1-17-28-16-19(25(26)29-17)13-18-14-22(31-4)24(23(15-18)32-5)33-12-6-11-27-20-7-9-21(10-8-20)30(2)3/h7-10,14-16,27H,6,11-13H2,1-5H3,(H2,26,28,29). The van der Waals surface area contributed by atoms with Gasteiger partial charge >= 0.3 is 0 Å². The highest BCUT2D eigenvalue weighted by Gasteiger charge is 2.15. The Hall–Kier alpha value is -3.68. The zero-order valence-electron chi connectivity index (χ0n) is 20.0. The van der Waals surface area contributed by atoms with Gasteiger partial charge in [0, 0.05) is 50.2 Å². The fraction of sp³-hybridized carbons (Fsp3) is 0.360. The van der Waals surface area contributed by atoms with Gasteiger partial charge in [0.15, 0.2) is 11.5 Å². The van der Waals surface area contributed by atoms with Crippen LogP contribution in [0.4, 0.5) is 17.2 Å². The first-order valence-electron chi connectivity index (χ1n) is 10.9. The molecule has 8 heteroatoms. The number of nitrogen functional groups attached to an aromatic ring is 1. The minimum atomic E-state index is 0.476. The van der Waals surface area contributed by atoms with Crippen molar-refractivity contribution in [3.05, 3.63) is 59.5 Å². The molecule has 0 saturated carbocycles. The van der Waals surface area contributed by atoms with E-state index in [1.807, 2.05) is 33.2 Å². The van der Waals surface area contributed by atoms with Gasteiger partial charge < -0.3 is 30.2 Å². The van der Waals surface area contributed by atoms with Crippen molar-refractivity contribution < 1.29 is 14.2 Å². The van der Waals surface area contributed by atoms with Gasteiger partial charge in [0.2, 0.25) is 5.75 Å². The molecule has 0 bridgehead atoms. The van der Waals surface area contributed by atoms with E-state index in [0.29, 0.717) is 41.9 Å². The predicted octanol–water partition coefficient (Wildman–Crippen LogP) is 3.92. The topological polar surface area (TPSA) is 94.8 Å². The van der Waals surface area contributed by atoms with Gasteiger partial charge in [-0.25, -0.2) is 9.97 Å². The van der Waals surface area contributed by atoms with Crippen molar-refractivity contribution >= 4 is 17.2 Å². The van der Waals surface area contributed by atoms with E-state index in [1.165, 1.54) is 5.69 Å². The Morgan fingerprint density at radius 2 is 1.70 bits per heavy atom. The third kappa shape index (κ3) is 6.41. The van der Waals surface area contributed by atoms with Crippen LogP contribution in [0.1, 0.15) is 23.4 Å². The zero-order chi connectivity index (χ0) is 23.8. The van der Waals surface area contributed by atoms with Gasteiger partial charge in [-0.3, -0.25) is 0 Å². The van der Waals surface area contributed by atoms with Crippen LogP contribution >= 0.6 is 0 Å². The number of anilines is 3. The zero-order valence-corrected chi connectivity index (χ0v) is 20.0. The average Bonchev–Trinajstić information content (AvgIpc) is 2.81. The number of nitrogens with two attached hydrogens (primary N) is 1. The molecule has 0 amide bonds. The summed E-state index contributed by atoms with van der Waals surface area (Å²) in [5.41, 5.74) is 10.1. The van der Waals surface area contributed by atoms with Crippen LogP contribution in [0.3, 0.4) is 0 Å². The Kier molecular flexibility index (Phi) is 8.18. The summed E-state index contributed by atoms with van der Waals surface area (Å²) in [6.07, 6.45) is 3.14. The minimum absolute atomic E-state index is 0.476. The lowest BCUT2D eigenvalue weighted by Gasteiger charge is -2.17. The van der Waals surface area contributed by atoms with Gasteiger partial charge in [0.1, 0.15) is 11.6 Å². The number of hydrogen-bond donors (Lipinski definition) is 2. The first-order valence-corrected chi connectivity index (χ1v) is 10.9. The summed E-state index contributed by atoms with van der Waals surface area (Å²) in [5, 5.41) is 3.42. The number of nitrogens with one attached hydrogen (secondary N) is 1. The first kappa shape index (κ1) is 24.0. The van der Waals surface area contributed by atoms with Gasteiger partial charge in [-0.2, -0.15) is 0 Å². The van der Waals surface area contributed by atoms with Gasteiger partial charge in [0.05, 0.1) is 20.8 Å². The molecule has 1 heterocycles. The molecule has 0 aliphatic heterocycles. The fourth-order valence-electron chi connectivity index (χ4n) is 3.40. The summed E-state index contributed by atoms with van der Waals surface area (Å²) in [6.45, 7) is 3.12. The maximum atomic E-state index is 6.05. The van der Waals surface area contributed by atoms with Crippen LogP contribution in [0.5, 0.6) is 17.2 Å². The van der Waals surface area contributed by atoms with Gasteiger partial charge in [0.25, 0.3) is 0 Å². The molecule has 0 aliphatic rings. The summed E-state index contributed by atoms with van der Waals surface area (Å²) in [7, 11) is 7.30. The lowest BCUT2D eigenvalue weighted by molar-refractivity contribution is 0.273. The molecule has 3 aromatic rings. The molecule has 0 fully saturated rings. The SMILES string of the molecule is COc1cc(Cc2cnc(C)nc2N)cc(OC)c1OCCCNc1ccc(N(C)C)cc1. The lowest BCUT2D eigenvalue weighted by atomic mass is 10.1. The second kappa shape index (κ2) is 11.3. The Bertz CT molecular complexity index is 1030. The summed E-state index contributed by atoms with van der Waals surface area (Å²) >= 11 is 0. The van der Waals surface area contributed by atoms with E-state index in [9.17, 15) is 0 Å². The van der Waals surface area contributed by atoms with Crippen molar-refractivity contribution in [1.82, 2.24) is 9.97 Å². The molecule has 0 aliphatic carbocycles. The van der Waals surface area contributed by atoms with Crippen molar-refractivity contribution in [2.24, 2.45) is 0 Å². The number of ether oxygens (including phenoxy) is 3. The smallest absolute Gasteiger partial charge is 0.203 e. The van der Waals surface area contributed by atoms with Gasteiger partial charge in [-0.05, 0) is 55.3 Å². The molecular formula is C25H33N5O3. The van der Waals surface area contributed by atoms with E-state index < -0.39 is 0 Å². The summed E-state index contributed by atoms with van der Waals surface area (Å²) < 4.78 is 17.2. The van der Waals surface area contributed by atoms with E-state index in [4.69, 9.17) is 19.9 Å². The predicted molar refractivity (Wildman–Crippen MR) is 133 cm³/mol. The molecule has 0 radical (unpaired) electrons. The van der Waals surface area contributed by atoms with Crippen molar-refractivity contribution in [3.8, 4) is 17.2 Å². The molecule has 2 aromatic carbocycles.